The second-order valence-corrected chi connectivity index (χ2v) is 8.84. The Morgan fingerprint density at radius 3 is 2.62 bits per heavy atom. The van der Waals surface area contributed by atoms with E-state index >= 15 is 0 Å². The summed E-state index contributed by atoms with van der Waals surface area (Å²) in [5.74, 6) is 0.629. The standard InChI is InChI=1S/C24H19FN4OS2/c1-14-5-3-6-18(13-14)29-15(2)20(23-27-22(28-30-23)19-7-4-12-32-19)21(26-24(29)31)16-8-10-17(25)11-9-16/h3-13,21H,1-2H3,(H,26,31). The number of hydrogen-bond acceptors (Lipinski definition) is 5. The van der Waals surface area contributed by atoms with E-state index in [2.05, 4.69) is 21.5 Å². The number of hydrogen-bond donors (Lipinski definition) is 1. The maximum absolute atomic E-state index is 13.6. The van der Waals surface area contributed by atoms with Crippen molar-refractivity contribution < 1.29 is 8.91 Å². The van der Waals surface area contributed by atoms with Crippen LogP contribution in [0.4, 0.5) is 10.1 Å². The molecule has 1 unspecified atom stereocenters. The number of nitrogens with one attached hydrogen (secondary N) is 1. The molecule has 0 saturated heterocycles. The first-order valence-electron chi connectivity index (χ1n) is 10.0. The van der Waals surface area contributed by atoms with Gasteiger partial charge in [0.2, 0.25) is 5.82 Å². The van der Waals surface area contributed by atoms with Crippen LogP contribution in [0.1, 0.15) is 30.0 Å². The van der Waals surface area contributed by atoms with Crippen LogP contribution in [0.3, 0.4) is 0 Å². The number of halogens is 1. The van der Waals surface area contributed by atoms with Gasteiger partial charge in [0.25, 0.3) is 5.89 Å². The van der Waals surface area contributed by atoms with Crippen LogP contribution in [0.2, 0.25) is 0 Å². The number of rotatable bonds is 4. The first kappa shape index (κ1) is 20.5. The Kier molecular flexibility index (Phi) is 5.32. The zero-order valence-electron chi connectivity index (χ0n) is 17.4. The highest BCUT2D eigenvalue weighted by Crippen LogP contribution is 2.39. The van der Waals surface area contributed by atoms with E-state index < -0.39 is 0 Å². The van der Waals surface area contributed by atoms with E-state index in [0.717, 1.165) is 33.0 Å². The highest BCUT2D eigenvalue weighted by molar-refractivity contribution is 7.80. The second-order valence-electron chi connectivity index (χ2n) is 7.51. The van der Waals surface area contributed by atoms with Crippen LogP contribution < -0.4 is 10.2 Å². The lowest BCUT2D eigenvalue weighted by Gasteiger charge is -2.37. The Labute approximate surface area is 194 Å². The van der Waals surface area contributed by atoms with Crippen LogP contribution in [0.25, 0.3) is 16.3 Å². The highest BCUT2D eigenvalue weighted by atomic mass is 32.1. The molecule has 0 amide bonds. The fourth-order valence-corrected chi connectivity index (χ4v) is 4.85. The van der Waals surface area contributed by atoms with Gasteiger partial charge in [-0.3, -0.25) is 4.90 Å². The molecular weight excluding hydrogens is 443 g/mol. The summed E-state index contributed by atoms with van der Waals surface area (Å²) in [6.07, 6.45) is 0. The lowest BCUT2D eigenvalue weighted by Crippen LogP contribution is -2.46. The fraction of sp³-hybridized carbons (Fsp3) is 0.125. The van der Waals surface area contributed by atoms with Gasteiger partial charge in [-0.1, -0.05) is 35.5 Å². The number of thiocarbonyl (C=S) groups is 1. The minimum absolute atomic E-state index is 0.298. The highest BCUT2D eigenvalue weighted by Gasteiger charge is 2.34. The number of aryl methyl sites for hydroxylation is 1. The van der Waals surface area contributed by atoms with Crippen molar-refractivity contribution in [3.8, 4) is 10.7 Å². The minimum Gasteiger partial charge on any atom is -0.351 e. The van der Waals surface area contributed by atoms with Gasteiger partial charge in [-0.2, -0.15) is 4.98 Å². The number of thiophene rings is 1. The molecule has 0 aliphatic carbocycles. The maximum Gasteiger partial charge on any atom is 0.258 e. The van der Waals surface area contributed by atoms with E-state index in [9.17, 15) is 4.39 Å². The summed E-state index contributed by atoms with van der Waals surface area (Å²) in [4.78, 5) is 7.57. The predicted molar refractivity (Wildman–Crippen MR) is 129 cm³/mol. The molecule has 1 N–H and O–H groups in total. The van der Waals surface area contributed by atoms with Crippen molar-refractivity contribution in [2.75, 3.05) is 4.90 Å². The third-order valence-electron chi connectivity index (χ3n) is 5.35. The smallest absolute Gasteiger partial charge is 0.258 e. The Morgan fingerprint density at radius 2 is 1.91 bits per heavy atom. The molecular formula is C24H19FN4OS2. The third kappa shape index (κ3) is 3.72. The average Bonchev–Trinajstić information content (AvgIpc) is 3.46. The van der Waals surface area contributed by atoms with E-state index in [4.69, 9.17) is 16.7 Å². The molecule has 5 nitrogen and oxygen atoms in total. The van der Waals surface area contributed by atoms with Gasteiger partial charge in [0, 0.05) is 11.4 Å². The first-order valence-corrected chi connectivity index (χ1v) is 11.3. The summed E-state index contributed by atoms with van der Waals surface area (Å²) in [5.41, 5.74) is 4.58. The van der Waals surface area contributed by atoms with Gasteiger partial charge < -0.3 is 9.84 Å². The van der Waals surface area contributed by atoms with Crippen LogP contribution in [-0.2, 0) is 0 Å². The van der Waals surface area contributed by atoms with Crippen molar-refractivity contribution in [3.05, 3.63) is 94.6 Å². The molecule has 1 aliphatic heterocycles. The van der Waals surface area contributed by atoms with Crippen molar-refractivity contribution in [2.45, 2.75) is 19.9 Å². The molecule has 32 heavy (non-hydrogen) atoms. The van der Waals surface area contributed by atoms with Gasteiger partial charge in [-0.15, -0.1) is 11.3 Å². The molecule has 0 radical (unpaired) electrons. The zero-order valence-corrected chi connectivity index (χ0v) is 19.0. The molecule has 1 aliphatic rings. The quantitative estimate of drug-likeness (QED) is 0.369. The Bertz CT molecular complexity index is 1310. The lowest BCUT2D eigenvalue weighted by atomic mass is 9.94. The lowest BCUT2D eigenvalue weighted by molar-refractivity contribution is 0.404. The summed E-state index contributed by atoms with van der Waals surface area (Å²) in [6, 6.07) is 18.0. The topological polar surface area (TPSA) is 54.2 Å². The van der Waals surface area contributed by atoms with Crippen molar-refractivity contribution in [3.63, 3.8) is 0 Å². The van der Waals surface area contributed by atoms with Gasteiger partial charge in [0.1, 0.15) is 5.82 Å². The monoisotopic (exact) mass is 462 g/mol. The Balaban J connectivity index is 1.67. The summed E-state index contributed by atoms with van der Waals surface area (Å²) >= 11 is 7.29. The Morgan fingerprint density at radius 1 is 1.09 bits per heavy atom. The van der Waals surface area contributed by atoms with E-state index in [1.54, 1.807) is 23.5 Å². The van der Waals surface area contributed by atoms with Gasteiger partial charge in [-0.25, -0.2) is 4.39 Å². The van der Waals surface area contributed by atoms with Gasteiger partial charge in [-0.05, 0) is 72.9 Å². The van der Waals surface area contributed by atoms with Crippen molar-refractivity contribution >= 4 is 39.9 Å². The van der Waals surface area contributed by atoms with Crippen LogP contribution in [0, 0.1) is 12.7 Å². The summed E-state index contributed by atoms with van der Waals surface area (Å²) in [6.45, 7) is 4.02. The second kappa shape index (κ2) is 8.29. The number of allylic oxidation sites excluding steroid dienone is 1. The molecule has 3 heterocycles. The SMILES string of the molecule is CC1=C(c2nc(-c3cccs3)no2)C(c2ccc(F)cc2)NC(=S)N1c1cccc(C)c1. The van der Waals surface area contributed by atoms with E-state index in [0.29, 0.717) is 16.8 Å². The third-order valence-corrected chi connectivity index (χ3v) is 6.51. The number of anilines is 1. The van der Waals surface area contributed by atoms with Crippen LogP contribution in [0.15, 0.2) is 76.3 Å². The molecule has 4 aromatic rings. The summed E-state index contributed by atoms with van der Waals surface area (Å²) in [5, 5.41) is 10.1. The minimum atomic E-state index is -0.360. The molecule has 2 aromatic carbocycles. The normalized spacial score (nSPS) is 16.4. The van der Waals surface area contributed by atoms with Gasteiger partial charge in [0.05, 0.1) is 16.5 Å². The number of aromatic nitrogens is 2. The van der Waals surface area contributed by atoms with Crippen LogP contribution in [-0.4, -0.2) is 15.3 Å². The predicted octanol–water partition coefficient (Wildman–Crippen LogP) is 6.11. The Hall–Kier alpha value is -3.36. The summed E-state index contributed by atoms with van der Waals surface area (Å²) in [7, 11) is 0. The van der Waals surface area contributed by atoms with Crippen LogP contribution >= 0.6 is 23.6 Å². The van der Waals surface area contributed by atoms with Crippen molar-refractivity contribution in [1.29, 1.82) is 0 Å². The molecule has 1 atom stereocenters. The molecule has 8 heteroatoms. The average molecular weight is 463 g/mol. The van der Waals surface area contributed by atoms with Crippen LogP contribution in [0.5, 0.6) is 0 Å². The fourth-order valence-electron chi connectivity index (χ4n) is 3.84. The molecule has 5 rings (SSSR count). The first-order chi connectivity index (χ1) is 15.5. The number of nitrogens with zero attached hydrogens (tertiary/aromatic N) is 3. The van der Waals surface area contributed by atoms with E-state index in [-0.39, 0.29) is 11.9 Å². The van der Waals surface area contributed by atoms with Crippen molar-refractivity contribution in [2.24, 2.45) is 0 Å². The van der Waals surface area contributed by atoms with Crippen molar-refractivity contribution in [1.82, 2.24) is 15.5 Å². The molecule has 0 saturated carbocycles. The van der Waals surface area contributed by atoms with Gasteiger partial charge in [0.15, 0.2) is 5.11 Å². The van der Waals surface area contributed by atoms with E-state index in [1.807, 2.05) is 54.5 Å². The molecule has 2 aromatic heterocycles. The zero-order chi connectivity index (χ0) is 22.2. The summed E-state index contributed by atoms with van der Waals surface area (Å²) < 4.78 is 19.3. The molecule has 0 bridgehead atoms. The molecule has 160 valence electrons. The number of benzene rings is 2. The molecule has 0 fully saturated rings. The largest absolute Gasteiger partial charge is 0.351 e. The van der Waals surface area contributed by atoms with Gasteiger partial charge >= 0.3 is 0 Å². The maximum atomic E-state index is 13.6. The van der Waals surface area contributed by atoms with E-state index in [1.165, 1.54) is 12.1 Å². The molecule has 0 spiro atoms.